The van der Waals surface area contributed by atoms with Crippen LogP contribution < -0.4 is 5.32 Å². The van der Waals surface area contributed by atoms with E-state index in [-0.39, 0.29) is 12.1 Å². The predicted octanol–water partition coefficient (Wildman–Crippen LogP) is 4.54. The van der Waals surface area contributed by atoms with Crippen LogP contribution in [0.4, 0.5) is 0 Å². The number of halogens is 2. The number of carbonyl (C=O) groups excluding carboxylic acids is 1. The van der Waals surface area contributed by atoms with Gasteiger partial charge in [0.1, 0.15) is 16.7 Å². The maximum Gasteiger partial charge on any atom is 0.326 e. The maximum absolute atomic E-state index is 12.4. The third kappa shape index (κ3) is 4.86. The summed E-state index contributed by atoms with van der Waals surface area (Å²) in [5, 5.41) is 15.2. The van der Waals surface area contributed by atoms with E-state index in [0.29, 0.717) is 15.1 Å². The zero-order valence-electron chi connectivity index (χ0n) is 13.9. The molecule has 1 amide bonds. The fraction of sp³-hybridized carbons (Fsp3) is 0.105. The Labute approximate surface area is 169 Å². The number of thiazole rings is 1. The molecular weight excluding hydrogens is 407 g/mol. The van der Waals surface area contributed by atoms with Crippen LogP contribution in [0.25, 0.3) is 10.6 Å². The lowest BCUT2D eigenvalue weighted by Gasteiger charge is -2.14. The van der Waals surface area contributed by atoms with Crippen LogP contribution in [0.15, 0.2) is 53.9 Å². The van der Waals surface area contributed by atoms with Gasteiger partial charge in [-0.3, -0.25) is 4.79 Å². The third-order valence-electron chi connectivity index (χ3n) is 3.80. The molecule has 0 aliphatic heterocycles. The van der Waals surface area contributed by atoms with E-state index in [1.807, 2.05) is 12.1 Å². The molecule has 138 valence electrons. The highest BCUT2D eigenvalue weighted by Gasteiger charge is 2.23. The second-order valence-corrected chi connectivity index (χ2v) is 7.41. The number of carboxylic acids is 1. The summed E-state index contributed by atoms with van der Waals surface area (Å²) in [6.07, 6.45) is 0.139. The summed E-state index contributed by atoms with van der Waals surface area (Å²) in [6.45, 7) is 0. The lowest BCUT2D eigenvalue weighted by atomic mass is 10.1. The van der Waals surface area contributed by atoms with Crippen molar-refractivity contribution in [2.75, 3.05) is 0 Å². The SMILES string of the molecule is O=C(N[C@@H](Cc1ccc(Cl)cc1)C(=O)O)c1csc(-c2ccccc2Cl)n1. The van der Waals surface area contributed by atoms with Crippen LogP contribution in [0.5, 0.6) is 0 Å². The minimum absolute atomic E-state index is 0.139. The van der Waals surface area contributed by atoms with Gasteiger partial charge in [-0.1, -0.05) is 53.5 Å². The quantitative estimate of drug-likeness (QED) is 0.613. The highest BCUT2D eigenvalue weighted by molar-refractivity contribution is 7.13. The van der Waals surface area contributed by atoms with Crippen LogP contribution in [0, 0.1) is 0 Å². The van der Waals surface area contributed by atoms with Crippen LogP contribution in [0.2, 0.25) is 10.0 Å². The van der Waals surface area contributed by atoms with Gasteiger partial charge in [0.25, 0.3) is 5.91 Å². The minimum Gasteiger partial charge on any atom is -0.480 e. The monoisotopic (exact) mass is 420 g/mol. The molecule has 5 nitrogen and oxygen atoms in total. The Morgan fingerprint density at radius 1 is 1.11 bits per heavy atom. The summed E-state index contributed by atoms with van der Waals surface area (Å²) in [4.78, 5) is 28.3. The molecule has 8 heteroatoms. The molecule has 0 unspecified atom stereocenters. The van der Waals surface area contributed by atoms with Crippen molar-refractivity contribution in [3.05, 3.63) is 75.2 Å². The zero-order chi connectivity index (χ0) is 19.4. The van der Waals surface area contributed by atoms with Crippen molar-refractivity contribution in [3.63, 3.8) is 0 Å². The van der Waals surface area contributed by atoms with Gasteiger partial charge in [0.2, 0.25) is 0 Å². The molecule has 3 aromatic rings. The van der Waals surface area contributed by atoms with Crippen molar-refractivity contribution in [2.45, 2.75) is 12.5 Å². The number of benzene rings is 2. The predicted molar refractivity (Wildman–Crippen MR) is 107 cm³/mol. The van der Waals surface area contributed by atoms with Gasteiger partial charge in [-0.25, -0.2) is 9.78 Å². The van der Waals surface area contributed by atoms with E-state index >= 15 is 0 Å². The normalized spacial score (nSPS) is 11.8. The molecule has 3 rings (SSSR count). The molecule has 0 fully saturated rings. The Morgan fingerprint density at radius 3 is 2.48 bits per heavy atom. The summed E-state index contributed by atoms with van der Waals surface area (Å²) in [5.74, 6) is -1.68. The molecule has 2 N–H and O–H groups in total. The number of nitrogens with zero attached hydrogens (tertiary/aromatic N) is 1. The Bertz CT molecular complexity index is 973. The average molecular weight is 421 g/mol. The van der Waals surface area contributed by atoms with Crippen LogP contribution in [-0.2, 0) is 11.2 Å². The van der Waals surface area contributed by atoms with Gasteiger partial charge in [-0.05, 0) is 23.8 Å². The lowest BCUT2D eigenvalue weighted by Crippen LogP contribution is -2.42. The Kier molecular flexibility index (Phi) is 6.11. The van der Waals surface area contributed by atoms with Crippen LogP contribution in [0.3, 0.4) is 0 Å². The molecule has 0 radical (unpaired) electrons. The summed E-state index contributed by atoms with van der Waals surface area (Å²) in [7, 11) is 0. The Balaban J connectivity index is 1.74. The van der Waals surface area contributed by atoms with Gasteiger partial charge in [-0.2, -0.15) is 0 Å². The second kappa shape index (κ2) is 8.52. The summed E-state index contributed by atoms with van der Waals surface area (Å²) in [5.41, 5.74) is 1.62. The highest BCUT2D eigenvalue weighted by Crippen LogP contribution is 2.30. The number of aliphatic carboxylic acids is 1. The topological polar surface area (TPSA) is 79.3 Å². The van der Waals surface area contributed by atoms with Crippen molar-refractivity contribution < 1.29 is 14.7 Å². The smallest absolute Gasteiger partial charge is 0.326 e. The van der Waals surface area contributed by atoms with Crippen molar-refractivity contribution in [2.24, 2.45) is 0 Å². The number of rotatable bonds is 6. The lowest BCUT2D eigenvalue weighted by molar-refractivity contribution is -0.139. The summed E-state index contributed by atoms with van der Waals surface area (Å²) in [6, 6.07) is 12.9. The van der Waals surface area contributed by atoms with Crippen LogP contribution >= 0.6 is 34.5 Å². The number of nitrogens with one attached hydrogen (secondary N) is 1. The van der Waals surface area contributed by atoms with Gasteiger partial charge < -0.3 is 10.4 Å². The van der Waals surface area contributed by atoms with Gasteiger partial charge in [0, 0.05) is 22.4 Å². The first-order valence-electron chi connectivity index (χ1n) is 7.92. The maximum atomic E-state index is 12.4. The molecule has 1 aromatic heterocycles. The van der Waals surface area contributed by atoms with E-state index in [1.165, 1.54) is 11.3 Å². The number of carboxylic acid groups (broad SMARTS) is 1. The van der Waals surface area contributed by atoms with Gasteiger partial charge >= 0.3 is 5.97 Å². The molecule has 0 aliphatic rings. The van der Waals surface area contributed by atoms with Gasteiger partial charge in [0.15, 0.2) is 0 Å². The van der Waals surface area contributed by atoms with Crippen LogP contribution in [-0.4, -0.2) is 28.0 Å². The average Bonchev–Trinajstić information content (AvgIpc) is 3.13. The molecule has 2 aromatic carbocycles. The van der Waals surface area contributed by atoms with E-state index in [0.717, 1.165) is 11.1 Å². The fourth-order valence-electron chi connectivity index (χ4n) is 2.42. The molecule has 1 atom stereocenters. The van der Waals surface area contributed by atoms with Crippen molar-refractivity contribution >= 4 is 46.4 Å². The van der Waals surface area contributed by atoms with E-state index < -0.39 is 17.9 Å². The standard InChI is InChI=1S/C19H14Cl2N2O3S/c20-12-7-5-11(6-8-12)9-15(19(25)26)22-17(24)16-10-27-18(23-16)13-3-1-2-4-14(13)21/h1-8,10,15H,9H2,(H,22,24)(H,25,26)/t15-/m0/s1. The fourth-order valence-corrected chi connectivity index (χ4v) is 3.67. The Hall–Kier alpha value is -2.41. The van der Waals surface area contributed by atoms with E-state index in [1.54, 1.807) is 41.8 Å². The first-order valence-corrected chi connectivity index (χ1v) is 9.56. The number of amides is 1. The van der Waals surface area contributed by atoms with E-state index in [4.69, 9.17) is 23.2 Å². The van der Waals surface area contributed by atoms with Crippen molar-refractivity contribution in [3.8, 4) is 10.6 Å². The van der Waals surface area contributed by atoms with Crippen molar-refractivity contribution in [1.82, 2.24) is 10.3 Å². The molecule has 0 aliphatic carbocycles. The Morgan fingerprint density at radius 2 is 1.81 bits per heavy atom. The molecule has 1 heterocycles. The number of carbonyl (C=O) groups is 2. The summed E-state index contributed by atoms with van der Waals surface area (Å²) < 4.78 is 0. The number of hydrogen-bond acceptors (Lipinski definition) is 4. The highest BCUT2D eigenvalue weighted by atomic mass is 35.5. The van der Waals surface area contributed by atoms with Gasteiger partial charge in [-0.15, -0.1) is 11.3 Å². The van der Waals surface area contributed by atoms with Gasteiger partial charge in [0.05, 0.1) is 5.02 Å². The first-order chi connectivity index (χ1) is 12.9. The number of aromatic nitrogens is 1. The molecule has 0 spiro atoms. The summed E-state index contributed by atoms with van der Waals surface area (Å²) >= 11 is 13.3. The molecule has 27 heavy (non-hydrogen) atoms. The molecule has 0 saturated carbocycles. The molecular formula is C19H14Cl2N2O3S. The second-order valence-electron chi connectivity index (χ2n) is 5.71. The minimum atomic E-state index is -1.13. The van der Waals surface area contributed by atoms with E-state index in [9.17, 15) is 14.7 Å². The number of hydrogen-bond donors (Lipinski definition) is 2. The zero-order valence-corrected chi connectivity index (χ0v) is 16.2. The van der Waals surface area contributed by atoms with Crippen LogP contribution in [0.1, 0.15) is 16.1 Å². The largest absolute Gasteiger partial charge is 0.480 e. The van der Waals surface area contributed by atoms with E-state index in [2.05, 4.69) is 10.3 Å². The molecule has 0 bridgehead atoms. The third-order valence-corrected chi connectivity index (χ3v) is 5.25. The first kappa shape index (κ1) is 19.4. The van der Waals surface area contributed by atoms with Crippen molar-refractivity contribution in [1.29, 1.82) is 0 Å². The molecule has 0 saturated heterocycles.